The molecule has 9 nitrogen and oxygen atoms in total. The molecule has 5 aromatic rings. The minimum atomic E-state index is -1.03. The van der Waals surface area contributed by atoms with E-state index in [0.29, 0.717) is 16.9 Å². The summed E-state index contributed by atoms with van der Waals surface area (Å²) >= 11 is 0. The van der Waals surface area contributed by atoms with E-state index in [4.69, 9.17) is 20.6 Å². The van der Waals surface area contributed by atoms with Gasteiger partial charge in [-0.1, -0.05) is 91.0 Å². The summed E-state index contributed by atoms with van der Waals surface area (Å²) in [5.41, 5.74) is 9.21. The smallest absolute Gasteiger partial charge is 0.311 e. The average molecular weight is 656 g/mol. The van der Waals surface area contributed by atoms with E-state index in [1.54, 1.807) is 0 Å². The van der Waals surface area contributed by atoms with E-state index < -0.39 is 11.4 Å². The van der Waals surface area contributed by atoms with Crippen LogP contribution < -0.4 is 11.1 Å². The third-order valence-corrected chi connectivity index (χ3v) is 10.1. The van der Waals surface area contributed by atoms with Crippen LogP contribution in [0.2, 0.25) is 0 Å². The molecule has 3 N–H and O–H groups in total. The number of nitrogens with two attached hydrogens (primary N) is 1. The van der Waals surface area contributed by atoms with Crippen LogP contribution in [-0.4, -0.2) is 46.4 Å². The van der Waals surface area contributed by atoms with Crippen molar-refractivity contribution >= 4 is 29.6 Å². The Labute approximate surface area is 284 Å². The standard InChI is InChI=1S/C39H38FN7O2/c1-42-24-32(44-34-26-20-18-25(19-21-26)33(34)38(48)49-2)45-36(41)35-31-22-30(40)23-43-37(31)47(46-35)39(27-12-6-3-7-13-27,28-14-8-4-9-15-28)29-16-10-5-11-17-29/h3-17,22-26,33-34,44H,1,18-21H2,2H3,(H2,41,45)/b32-24-/t25?,26?,33-,34-/m1/s1. The topological polar surface area (TPSA) is 120 Å². The number of nitrogens with zero attached hydrogens (tertiary/aromatic N) is 5. The summed E-state index contributed by atoms with van der Waals surface area (Å²) in [5, 5.41) is 9.00. The maximum Gasteiger partial charge on any atom is 0.311 e. The highest BCUT2D eigenvalue weighted by atomic mass is 19.1. The van der Waals surface area contributed by atoms with Crippen LogP contribution in [0.1, 0.15) is 48.1 Å². The molecular weight excluding hydrogens is 617 g/mol. The number of aliphatic imine (C=N–C) groups is 2. The van der Waals surface area contributed by atoms with Crippen molar-refractivity contribution in [1.29, 1.82) is 0 Å². The highest BCUT2D eigenvalue weighted by molar-refractivity contribution is 6.06. The van der Waals surface area contributed by atoms with E-state index in [1.165, 1.54) is 25.6 Å². The van der Waals surface area contributed by atoms with E-state index in [0.717, 1.165) is 42.4 Å². The molecule has 0 radical (unpaired) electrons. The monoisotopic (exact) mass is 655 g/mol. The summed E-state index contributed by atoms with van der Waals surface area (Å²) in [6.07, 6.45) is 6.64. The largest absolute Gasteiger partial charge is 0.469 e. The molecule has 2 heterocycles. The van der Waals surface area contributed by atoms with Gasteiger partial charge >= 0.3 is 5.97 Å². The lowest BCUT2D eigenvalue weighted by molar-refractivity contribution is -0.153. The Hall–Kier alpha value is -5.64. The van der Waals surface area contributed by atoms with E-state index in [9.17, 15) is 4.79 Å². The number of amidine groups is 1. The van der Waals surface area contributed by atoms with Crippen LogP contribution in [-0.2, 0) is 15.1 Å². The Kier molecular flexibility index (Phi) is 8.78. The molecule has 0 amide bonds. The second-order valence-electron chi connectivity index (χ2n) is 12.7. The normalized spacial score (nSPS) is 21.0. The summed E-state index contributed by atoms with van der Waals surface area (Å²) in [4.78, 5) is 26.3. The lowest BCUT2D eigenvalue weighted by atomic mass is 9.61. The molecule has 8 rings (SSSR count). The molecule has 10 heteroatoms. The quantitative estimate of drug-likeness (QED) is 0.0803. The highest BCUT2D eigenvalue weighted by Gasteiger charge is 2.48. The second-order valence-corrected chi connectivity index (χ2v) is 12.7. The van der Waals surface area contributed by atoms with E-state index in [1.807, 2.05) is 95.7 Å². The van der Waals surface area contributed by atoms with Gasteiger partial charge in [0, 0.05) is 6.04 Å². The number of esters is 1. The number of carbonyl (C=O) groups excluding carboxylic acids is 1. The van der Waals surface area contributed by atoms with Gasteiger partial charge in [-0.05, 0) is 67.0 Å². The Morgan fingerprint density at radius 2 is 1.51 bits per heavy atom. The van der Waals surface area contributed by atoms with Gasteiger partial charge in [0.15, 0.2) is 11.5 Å². The van der Waals surface area contributed by atoms with Crippen molar-refractivity contribution in [3.05, 3.63) is 143 Å². The molecule has 0 saturated heterocycles. The van der Waals surface area contributed by atoms with Crippen LogP contribution in [0.4, 0.5) is 4.39 Å². The number of pyridine rings is 1. The van der Waals surface area contributed by atoms with E-state index >= 15 is 4.39 Å². The maximum absolute atomic E-state index is 15.0. The molecule has 0 aliphatic heterocycles. The molecule has 3 aliphatic carbocycles. The molecule has 248 valence electrons. The van der Waals surface area contributed by atoms with Crippen LogP contribution in [0, 0.1) is 23.6 Å². The first kappa shape index (κ1) is 31.9. The first-order chi connectivity index (χ1) is 23.9. The summed E-state index contributed by atoms with van der Waals surface area (Å²) in [5.74, 6) is -0.246. The van der Waals surface area contributed by atoms with Crippen molar-refractivity contribution in [2.75, 3.05) is 7.11 Å². The van der Waals surface area contributed by atoms with Gasteiger partial charge in [0.25, 0.3) is 0 Å². The van der Waals surface area contributed by atoms with Crippen molar-refractivity contribution < 1.29 is 13.9 Å². The van der Waals surface area contributed by atoms with Gasteiger partial charge < -0.3 is 15.8 Å². The molecule has 49 heavy (non-hydrogen) atoms. The van der Waals surface area contributed by atoms with Gasteiger partial charge in [-0.15, -0.1) is 0 Å². The Balaban J connectivity index is 1.41. The number of methoxy groups -OCH3 is 1. The number of fused-ring (bicyclic) bond motifs is 4. The number of halogens is 1. The van der Waals surface area contributed by atoms with E-state index in [2.05, 4.69) is 22.0 Å². The molecule has 2 aromatic heterocycles. The fraction of sp³-hybridized carbons (Fsp3) is 0.256. The predicted molar refractivity (Wildman–Crippen MR) is 188 cm³/mol. The minimum Gasteiger partial charge on any atom is -0.469 e. The summed E-state index contributed by atoms with van der Waals surface area (Å²) in [6, 6.07) is 31.2. The molecular formula is C39H38FN7O2. The van der Waals surface area contributed by atoms with Gasteiger partial charge in [-0.2, -0.15) is 5.10 Å². The third-order valence-electron chi connectivity index (χ3n) is 10.1. The number of hydrogen-bond acceptors (Lipinski definition) is 7. The number of ether oxygens (including phenoxy) is 1. The van der Waals surface area contributed by atoms with Crippen molar-refractivity contribution in [2.24, 2.45) is 33.5 Å². The summed E-state index contributed by atoms with van der Waals surface area (Å²) in [6.45, 7) is 3.64. The average Bonchev–Trinajstić information content (AvgIpc) is 3.52. The van der Waals surface area contributed by atoms with Gasteiger partial charge in [0.05, 0.1) is 30.8 Å². The molecule has 3 aliphatic rings. The van der Waals surface area contributed by atoms with Gasteiger partial charge in [-0.3, -0.25) is 9.79 Å². The van der Waals surface area contributed by atoms with Crippen LogP contribution in [0.5, 0.6) is 0 Å². The number of carbonyl (C=O) groups is 1. The predicted octanol–water partition coefficient (Wildman–Crippen LogP) is 6.18. The van der Waals surface area contributed by atoms with Gasteiger partial charge in [0.1, 0.15) is 22.9 Å². The van der Waals surface area contributed by atoms with Crippen LogP contribution in [0.15, 0.2) is 125 Å². The Morgan fingerprint density at radius 1 is 0.959 bits per heavy atom. The first-order valence-electron chi connectivity index (χ1n) is 16.5. The fourth-order valence-corrected chi connectivity index (χ4v) is 7.98. The molecule has 0 unspecified atom stereocenters. The maximum atomic E-state index is 15.0. The highest BCUT2D eigenvalue weighted by Crippen LogP contribution is 2.46. The zero-order valence-corrected chi connectivity index (χ0v) is 27.2. The van der Waals surface area contributed by atoms with Crippen molar-refractivity contribution in [3.63, 3.8) is 0 Å². The molecule has 2 bridgehead atoms. The van der Waals surface area contributed by atoms with Gasteiger partial charge in [-0.25, -0.2) is 19.0 Å². The zero-order chi connectivity index (χ0) is 34.0. The van der Waals surface area contributed by atoms with Gasteiger partial charge in [0.2, 0.25) is 0 Å². The number of benzene rings is 3. The first-order valence-corrected chi connectivity index (χ1v) is 16.5. The van der Waals surface area contributed by atoms with Crippen molar-refractivity contribution in [2.45, 2.75) is 37.3 Å². The molecule has 3 aromatic carbocycles. The summed E-state index contributed by atoms with van der Waals surface area (Å²) in [7, 11) is 1.43. The Morgan fingerprint density at radius 3 is 2.04 bits per heavy atom. The third kappa shape index (κ3) is 5.67. The zero-order valence-electron chi connectivity index (χ0n) is 27.2. The molecule has 2 atom stereocenters. The number of rotatable bonds is 10. The minimum absolute atomic E-state index is 0.0252. The fourth-order valence-electron chi connectivity index (χ4n) is 7.98. The number of hydrogen-bond donors (Lipinski definition) is 2. The van der Waals surface area contributed by atoms with Crippen molar-refractivity contribution in [3.8, 4) is 0 Å². The van der Waals surface area contributed by atoms with Crippen LogP contribution in [0.3, 0.4) is 0 Å². The lowest BCUT2D eigenvalue weighted by Crippen LogP contribution is -2.54. The number of nitrogens with one attached hydrogen (secondary N) is 1. The molecule has 3 fully saturated rings. The lowest BCUT2D eigenvalue weighted by Gasteiger charge is -2.47. The Bertz CT molecular complexity index is 1920. The SMILES string of the molecule is C=N/C=C(\N=C(/N)c1nn(C(c2ccccc2)(c2ccccc2)c2ccccc2)c2ncc(F)cc12)N[C@@H]1C2CCC(CC2)[C@H]1C(=O)OC. The van der Waals surface area contributed by atoms with Crippen LogP contribution >= 0.6 is 0 Å². The molecule has 3 saturated carbocycles. The second kappa shape index (κ2) is 13.5. The summed E-state index contributed by atoms with van der Waals surface area (Å²) < 4.78 is 22.0. The van der Waals surface area contributed by atoms with Crippen molar-refractivity contribution in [1.82, 2.24) is 20.1 Å². The van der Waals surface area contributed by atoms with E-state index in [-0.39, 0.29) is 41.3 Å². The molecule has 0 spiro atoms. The number of aromatic nitrogens is 3. The van der Waals surface area contributed by atoms with Crippen LogP contribution in [0.25, 0.3) is 11.0 Å².